The molecular formula is C23H27N3O3. The van der Waals surface area contributed by atoms with Gasteiger partial charge in [0, 0.05) is 5.69 Å². The van der Waals surface area contributed by atoms with Gasteiger partial charge in [-0.05, 0) is 48.9 Å². The lowest BCUT2D eigenvalue weighted by Gasteiger charge is -2.29. The van der Waals surface area contributed by atoms with Crippen molar-refractivity contribution in [1.82, 2.24) is 10.2 Å². The normalized spacial score (nSPS) is 18.9. The van der Waals surface area contributed by atoms with Crippen LogP contribution in [-0.4, -0.2) is 29.3 Å². The summed E-state index contributed by atoms with van der Waals surface area (Å²) in [6.45, 7) is 7.50. The van der Waals surface area contributed by atoms with Crippen LogP contribution >= 0.6 is 0 Å². The Bertz CT molecular complexity index is 940. The molecule has 3 rings (SSSR count). The standard InChI is InChI=1S/C23H27N3O3/c1-15(2)13-23(18-8-6-5-7-9-18)21(28)26(22(29)25-23)14-20(27)24-19-12-16(3)10-11-17(19)4/h5-12,15H,13-14H2,1-4H3,(H,24,27)(H,25,29)/t23-/m1/s1. The van der Waals surface area contributed by atoms with Crippen LogP contribution in [0.3, 0.4) is 0 Å². The number of imide groups is 1. The minimum absolute atomic E-state index is 0.170. The van der Waals surface area contributed by atoms with E-state index in [9.17, 15) is 14.4 Å². The number of hydrogen-bond acceptors (Lipinski definition) is 3. The van der Waals surface area contributed by atoms with Crippen molar-refractivity contribution >= 4 is 23.5 Å². The highest BCUT2D eigenvalue weighted by Crippen LogP contribution is 2.35. The number of hydrogen-bond donors (Lipinski definition) is 2. The maximum atomic E-state index is 13.3. The lowest BCUT2D eigenvalue weighted by molar-refractivity contribution is -0.134. The van der Waals surface area contributed by atoms with Crippen LogP contribution in [0.1, 0.15) is 37.0 Å². The van der Waals surface area contributed by atoms with Crippen molar-refractivity contribution in [2.45, 2.75) is 39.7 Å². The molecule has 4 amide bonds. The number of amides is 4. The van der Waals surface area contributed by atoms with Gasteiger partial charge >= 0.3 is 6.03 Å². The van der Waals surface area contributed by atoms with E-state index in [1.165, 1.54) is 0 Å². The second-order valence-corrected chi connectivity index (χ2v) is 8.06. The third kappa shape index (κ3) is 4.16. The number of urea groups is 1. The number of nitrogens with zero attached hydrogens (tertiary/aromatic N) is 1. The van der Waals surface area contributed by atoms with E-state index in [0.717, 1.165) is 21.6 Å². The van der Waals surface area contributed by atoms with E-state index in [4.69, 9.17) is 0 Å². The number of aryl methyl sites for hydroxylation is 2. The Morgan fingerprint density at radius 3 is 2.45 bits per heavy atom. The average Bonchev–Trinajstić information content (AvgIpc) is 2.90. The molecule has 152 valence electrons. The number of anilines is 1. The van der Waals surface area contributed by atoms with Gasteiger partial charge in [-0.2, -0.15) is 0 Å². The van der Waals surface area contributed by atoms with E-state index >= 15 is 0 Å². The second-order valence-electron chi connectivity index (χ2n) is 8.06. The fourth-order valence-corrected chi connectivity index (χ4v) is 3.76. The SMILES string of the molecule is Cc1ccc(C)c(NC(=O)CN2C(=O)N[C@](CC(C)C)(c3ccccc3)C2=O)c1. The maximum Gasteiger partial charge on any atom is 0.325 e. The molecule has 0 aromatic heterocycles. The maximum absolute atomic E-state index is 13.3. The average molecular weight is 393 g/mol. The molecule has 1 fully saturated rings. The van der Waals surface area contributed by atoms with E-state index in [-0.39, 0.29) is 12.5 Å². The molecule has 29 heavy (non-hydrogen) atoms. The first-order chi connectivity index (χ1) is 13.7. The lowest BCUT2D eigenvalue weighted by Crippen LogP contribution is -2.45. The second kappa shape index (κ2) is 8.07. The Kier molecular flexibility index (Phi) is 5.73. The minimum Gasteiger partial charge on any atom is -0.324 e. The quantitative estimate of drug-likeness (QED) is 0.734. The van der Waals surface area contributed by atoms with Gasteiger partial charge in [0.1, 0.15) is 12.1 Å². The highest BCUT2D eigenvalue weighted by Gasteiger charge is 2.52. The van der Waals surface area contributed by atoms with Crippen molar-refractivity contribution < 1.29 is 14.4 Å². The van der Waals surface area contributed by atoms with Gasteiger partial charge in [-0.3, -0.25) is 14.5 Å². The largest absolute Gasteiger partial charge is 0.325 e. The molecule has 1 atom stereocenters. The molecular weight excluding hydrogens is 366 g/mol. The smallest absolute Gasteiger partial charge is 0.324 e. The van der Waals surface area contributed by atoms with Gasteiger partial charge in [-0.1, -0.05) is 56.3 Å². The van der Waals surface area contributed by atoms with Gasteiger partial charge < -0.3 is 10.6 Å². The minimum atomic E-state index is -1.15. The van der Waals surface area contributed by atoms with Gasteiger partial charge in [0.15, 0.2) is 0 Å². The molecule has 1 aliphatic heterocycles. The fourth-order valence-electron chi connectivity index (χ4n) is 3.76. The summed E-state index contributed by atoms with van der Waals surface area (Å²) < 4.78 is 0. The van der Waals surface area contributed by atoms with Gasteiger partial charge in [0.05, 0.1) is 0 Å². The summed E-state index contributed by atoms with van der Waals surface area (Å²) in [5, 5.41) is 5.68. The fraction of sp³-hybridized carbons (Fsp3) is 0.348. The Hall–Kier alpha value is -3.15. The molecule has 2 aromatic carbocycles. The summed E-state index contributed by atoms with van der Waals surface area (Å²) in [6.07, 6.45) is 0.455. The number of carbonyl (C=O) groups is 3. The van der Waals surface area contributed by atoms with Crippen LogP contribution in [0.25, 0.3) is 0 Å². The number of benzene rings is 2. The summed E-state index contributed by atoms with van der Waals surface area (Å²) in [4.78, 5) is 39.6. The lowest BCUT2D eigenvalue weighted by atomic mass is 9.82. The van der Waals surface area contributed by atoms with Crippen molar-refractivity contribution in [1.29, 1.82) is 0 Å². The first kappa shape index (κ1) is 20.6. The van der Waals surface area contributed by atoms with Crippen molar-refractivity contribution in [3.63, 3.8) is 0 Å². The molecule has 1 heterocycles. The summed E-state index contributed by atoms with van der Waals surface area (Å²) in [5.41, 5.74) is 2.19. The molecule has 2 N–H and O–H groups in total. The Morgan fingerprint density at radius 2 is 1.79 bits per heavy atom. The molecule has 0 bridgehead atoms. The third-order valence-electron chi connectivity index (χ3n) is 5.13. The van der Waals surface area contributed by atoms with Crippen LogP contribution < -0.4 is 10.6 Å². The number of nitrogens with one attached hydrogen (secondary N) is 2. The zero-order valence-electron chi connectivity index (χ0n) is 17.3. The first-order valence-corrected chi connectivity index (χ1v) is 9.79. The van der Waals surface area contributed by atoms with Crippen molar-refractivity contribution in [3.8, 4) is 0 Å². The van der Waals surface area contributed by atoms with Crippen LogP contribution in [0.5, 0.6) is 0 Å². The highest BCUT2D eigenvalue weighted by atomic mass is 16.2. The molecule has 1 aliphatic rings. The van der Waals surface area contributed by atoms with Crippen molar-refractivity contribution in [3.05, 3.63) is 65.2 Å². The van der Waals surface area contributed by atoms with E-state index in [0.29, 0.717) is 12.1 Å². The number of rotatable bonds is 6. The van der Waals surface area contributed by atoms with Gasteiger partial charge in [0.2, 0.25) is 5.91 Å². The van der Waals surface area contributed by atoms with E-state index in [1.807, 2.05) is 76.2 Å². The number of carbonyl (C=O) groups excluding carboxylic acids is 3. The molecule has 2 aromatic rings. The molecule has 6 heteroatoms. The van der Waals surface area contributed by atoms with Crippen LogP contribution in [-0.2, 0) is 15.1 Å². The molecule has 6 nitrogen and oxygen atoms in total. The van der Waals surface area contributed by atoms with E-state index < -0.39 is 23.4 Å². The molecule has 0 aliphatic carbocycles. The summed E-state index contributed by atoms with van der Waals surface area (Å²) in [5.74, 6) is -0.628. The van der Waals surface area contributed by atoms with Crippen LogP contribution in [0, 0.1) is 19.8 Å². The monoisotopic (exact) mass is 393 g/mol. The zero-order valence-corrected chi connectivity index (χ0v) is 17.3. The topological polar surface area (TPSA) is 78.5 Å². The summed E-state index contributed by atoms with van der Waals surface area (Å²) in [7, 11) is 0. The molecule has 0 saturated carbocycles. The van der Waals surface area contributed by atoms with Crippen molar-refractivity contribution in [2.75, 3.05) is 11.9 Å². The Balaban J connectivity index is 1.83. The molecule has 0 spiro atoms. The highest BCUT2D eigenvalue weighted by molar-refractivity contribution is 6.10. The molecule has 1 saturated heterocycles. The van der Waals surface area contributed by atoms with Gasteiger partial charge in [-0.25, -0.2) is 4.79 Å². The Morgan fingerprint density at radius 1 is 1.10 bits per heavy atom. The Labute approximate surface area is 171 Å². The first-order valence-electron chi connectivity index (χ1n) is 9.79. The van der Waals surface area contributed by atoms with Crippen LogP contribution in [0.4, 0.5) is 10.5 Å². The van der Waals surface area contributed by atoms with Crippen molar-refractivity contribution in [2.24, 2.45) is 5.92 Å². The molecule has 0 unspecified atom stereocenters. The van der Waals surface area contributed by atoms with E-state index in [1.54, 1.807) is 0 Å². The van der Waals surface area contributed by atoms with Crippen LogP contribution in [0.15, 0.2) is 48.5 Å². The van der Waals surface area contributed by atoms with Gasteiger partial charge in [0.25, 0.3) is 5.91 Å². The summed E-state index contributed by atoms with van der Waals surface area (Å²) in [6, 6.07) is 14.4. The zero-order chi connectivity index (χ0) is 21.2. The van der Waals surface area contributed by atoms with E-state index in [2.05, 4.69) is 10.6 Å². The predicted octanol–water partition coefficient (Wildman–Crippen LogP) is 3.74. The third-order valence-corrected chi connectivity index (χ3v) is 5.13. The summed E-state index contributed by atoms with van der Waals surface area (Å²) >= 11 is 0. The van der Waals surface area contributed by atoms with Gasteiger partial charge in [-0.15, -0.1) is 0 Å². The van der Waals surface area contributed by atoms with Crippen LogP contribution in [0.2, 0.25) is 0 Å². The molecule has 0 radical (unpaired) electrons. The predicted molar refractivity (Wildman–Crippen MR) is 112 cm³/mol.